The van der Waals surface area contributed by atoms with E-state index in [1.807, 2.05) is 0 Å². The van der Waals surface area contributed by atoms with Crippen LogP contribution in [-0.2, 0) is 0 Å². The van der Waals surface area contributed by atoms with Crippen LogP contribution in [0.3, 0.4) is 0 Å². The van der Waals surface area contributed by atoms with Crippen LogP contribution in [0, 0.1) is 5.92 Å². The molecule has 2 nitrogen and oxygen atoms in total. The van der Waals surface area contributed by atoms with Crippen LogP contribution in [0.1, 0.15) is 57.1 Å². The summed E-state index contributed by atoms with van der Waals surface area (Å²) >= 11 is 0. The van der Waals surface area contributed by atoms with Gasteiger partial charge in [0, 0.05) is 24.8 Å². The number of hydrogen-bond donors (Lipinski definition) is 1. The third-order valence-corrected chi connectivity index (χ3v) is 4.98. The minimum absolute atomic E-state index is 0.546. The molecule has 2 heteroatoms. The Morgan fingerprint density at radius 1 is 1.10 bits per heavy atom. The van der Waals surface area contributed by atoms with E-state index in [2.05, 4.69) is 41.4 Å². The average molecular weight is 272 g/mol. The number of nitrogens with zero attached hydrogens (tertiary/aromatic N) is 1. The zero-order valence-corrected chi connectivity index (χ0v) is 12.8. The van der Waals surface area contributed by atoms with E-state index < -0.39 is 0 Å². The van der Waals surface area contributed by atoms with Crippen LogP contribution in [0.4, 0.5) is 5.69 Å². The molecule has 1 atom stereocenters. The number of anilines is 1. The number of benzene rings is 1. The molecule has 0 spiro atoms. The number of fused-ring (bicyclic) bond motifs is 1. The summed E-state index contributed by atoms with van der Waals surface area (Å²) in [7, 11) is 0. The van der Waals surface area contributed by atoms with Gasteiger partial charge in [-0.25, -0.2) is 0 Å². The van der Waals surface area contributed by atoms with Gasteiger partial charge in [-0.05, 0) is 49.8 Å². The number of rotatable bonds is 4. The molecule has 0 bridgehead atoms. The van der Waals surface area contributed by atoms with Gasteiger partial charge in [-0.2, -0.15) is 0 Å². The molecule has 110 valence electrons. The van der Waals surface area contributed by atoms with E-state index >= 15 is 0 Å². The number of hydrogen-bond acceptors (Lipinski definition) is 2. The fourth-order valence-corrected chi connectivity index (χ4v) is 3.99. The van der Waals surface area contributed by atoms with Gasteiger partial charge in [0.2, 0.25) is 0 Å². The highest BCUT2D eigenvalue weighted by atomic mass is 15.1. The Bertz CT molecular complexity index is 423. The molecular formula is C18H28N2. The molecule has 1 aliphatic carbocycles. The van der Waals surface area contributed by atoms with Gasteiger partial charge in [-0.1, -0.05) is 38.0 Å². The van der Waals surface area contributed by atoms with Gasteiger partial charge in [0.15, 0.2) is 0 Å². The van der Waals surface area contributed by atoms with Gasteiger partial charge in [0.1, 0.15) is 0 Å². The monoisotopic (exact) mass is 272 g/mol. The molecule has 0 radical (unpaired) electrons. The first kappa shape index (κ1) is 13.9. The largest absolute Gasteiger partial charge is 0.371 e. The molecular weight excluding hydrogens is 244 g/mol. The maximum atomic E-state index is 3.67. The summed E-state index contributed by atoms with van der Waals surface area (Å²) in [5, 5.41) is 3.67. The summed E-state index contributed by atoms with van der Waals surface area (Å²) in [5.74, 6) is 0.929. The summed E-state index contributed by atoms with van der Waals surface area (Å²) in [4.78, 5) is 2.67. The van der Waals surface area contributed by atoms with Gasteiger partial charge in [-0.15, -0.1) is 0 Å². The molecule has 3 rings (SSSR count). The third kappa shape index (κ3) is 3.01. The highest BCUT2D eigenvalue weighted by Gasteiger charge is 2.25. The summed E-state index contributed by atoms with van der Waals surface area (Å²) in [5.41, 5.74) is 3.01. The van der Waals surface area contributed by atoms with E-state index in [0.717, 1.165) is 12.5 Å². The van der Waals surface area contributed by atoms with Gasteiger partial charge >= 0.3 is 0 Å². The van der Waals surface area contributed by atoms with Crippen LogP contribution < -0.4 is 10.2 Å². The molecule has 1 heterocycles. The van der Waals surface area contributed by atoms with E-state index in [-0.39, 0.29) is 0 Å². The summed E-state index contributed by atoms with van der Waals surface area (Å²) < 4.78 is 0. The molecule has 1 N–H and O–H groups in total. The molecule has 1 fully saturated rings. The summed E-state index contributed by atoms with van der Waals surface area (Å²) in [6, 6.07) is 9.61. The molecule has 20 heavy (non-hydrogen) atoms. The highest BCUT2D eigenvalue weighted by molar-refractivity contribution is 5.56. The number of para-hydroxylation sites is 1. The fraction of sp³-hybridized carbons (Fsp3) is 0.667. The predicted octanol–water partition coefficient (Wildman–Crippen LogP) is 4.13. The Hall–Kier alpha value is -1.02. The Labute approximate surface area is 123 Å². The van der Waals surface area contributed by atoms with Crippen LogP contribution in [0.25, 0.3) is 0 Å². The van der Waals surface area contributed by atoms with Crippen molar-refractivity contribution in [1.82, 2.24) is 5.32 Å². The van der Waals surface area contributed by atoms with Crippen molar-refractivity contribution in [3.05, 3.63) is 29.8 Å². The Balaban J connectivity index is 1.81. The smallest absolute Gasteiger partial charge is 0.0414 e. The van der Waals surface area contributed by atoms with Gasteiger partial charge in [0.25, 0.3) is 0 Å². The van der Waals surface area contributed by atoms with Crippen molar-refractivity contribution in [2.24, 2.45) is 5.92 Å². The van der Waals surface area contributed by atoms with Crippen LogP contribution in [0.15, 0.2) is 24.3 Å². The van der Waals surface area contributed by atoms with Gasteiger partial charge in [-0.3, -0.25) is 0 Å². The van der Waals surface area contributed by atoms with Gasteiger partial charge < -0.3 is 10.2 Å². The molecule has 1 aromatic rings. The minimum atomic E-state index is 0.546. The maximum Gasteiger partial charge on any atom is 0.0414 e. The summed E-state index contributed by atoms with van der Waals surface area (Å²) in [6.45, 7) is 5.77. The SMILES string of the molecule is CCNC1CCCN(CC2CCCC2)c2ccccc21. The molecule has 1 aromatic carbocycles. The van der Waals surface area contributed by atoms with Crippen LogP contribution in [0.2, 0.25) is 0 Å². The Morgan fingerprint density at radius 3 is 2.70 bits per heavy atom. The second-order valence-electron chi connectivity index (χ2n) is 6.41. The molecule has 1 aliphatic heterocycles. The van der Waals surface area contributed by atoms with E-state index in [9.17, 15) is 0 Å². The van der Waals surface area contributed by atoms with E-state index in [0.29, 0.717) is 6.04 Å². The van der Waals surface area contributed by atoms with Gasteiger partial charge in [0.05, 0.1) is 0 Å². The Morgan fingerprint density at radius 2 is 1.90 bits per heavy atom. The van der Waals surface area contributed by atoms with Crippen molar-refractivity contribution in [2.75, 3.05) is 24.5 Å². The fourth-order valence-electron chi connectivity index (χ4n) is 3.99. The van der Waals surface area contributed by atoms with Crippen molar-refractivity contribution >= 4 is 5.69 Å². The predicted molar refractivity (Wildman–Crippen MR) is 86.3 cm³/mol. The second kappa shape index (κ2) is 6.62. The van der Waals surface area contributed by atoms with E-state index in [1.54, 1.807) is 0 Å². The first-order valence-corrected chi connectivity index (χ1v) is 8.45. The maximum absolute atomic E-state index is 3.67. The van der Waals surface area contributed by atoms with Crippen molar-refractivity contribution in [3.63, 3.8) is 0 Å². The highest BCUT2D eigenvalue weighted by Crippen LogP contribution is 2.35. The molecule has 0 aromatic heterocycles. The Kier molecular flexibility index (Phi) is 4.62. The van der Waals surface area contributed by atoms with Crippen LogP contribution in [-0.4, -0.2) is 19.6 Å². The summed E-state index contributed by atoms with van der Waals surface area (Å²) in [6.07, 6.45) is 8.34. The lowest BCUT2D eigenvalue weighted by Gasteiger charge is -2.28. The molecule has 2 aliphatic rings. The lowest BCUT2D eigenvalue weighted by atomic mass is 10.0. The van der Waals surface area contributed by atoms with Crippen molar-refractivity contribution < 1.29 is 0 Å². The average Bonchev–Trinajstić information content (AvgIpc) is 2.92. The molecule has 0 saturated heterocycles. The zero-order chi connectivity index (χ0) is 13.8. The first-order chi connectivity index (χ1) is 9.88. The normalized spacial score (nSPS) is 23.6. The van der Waals surface area contributed by atoms with Crippen molar-refractivity contribution in [1.29, 1.82) is 0 Å². The first-order valence-electron chi connectivity index (χ1n) is 8.45. The standard InChI is InChI=1S/C18H28N2/c1-2-19-17-11-7-13-20(14-15-8-3-4-9-15)18-12-6-5-10-16(17)18/h5-6,10,12,15,17,19H,2-4,7-9,11,13-14H2,1H3. The lowest BCUT2D eigenvalue weighted by molar-refractivity contribution is 0.501. The van der Waals surface area contributed by atoms with E-state index in [1.165, 1.54) is 62.9 Å². The van der Waals surface area contributed by atoms with E-state index in [4.69, 9.17) is 0 Å². The quantitative estimate of drug-likeness (QED) is 0.886. The zero-order valence-electron chi connectivity index (χ0n) is 12.8. The van der Waals surface area contributed by atoms with Crippen molar-refractivity contribution in [2.45, 2.75) is 51.5 Å². The third-order valence-electron chi connectivity index (χ3n) is 4.98. The minimum Gasteiger partial charge on any atom is -0.371 e. The van der Waals surface area contributed by atoms with Crippen LogP contribution in [0.5, 0.6) is 0 Å². The second-order valence-corrected chi connectivity index (χ2v) is 6.41. The molecule has 1 unspecified atom stereocenters. The molecule has 0 amide bonds. The number of nitrogens with one attached hydrogen (secondary N) is 1. The van der Waals surface area contributed by atoms with Crippen LogP contribution >= 0.6 is 0 Å². The van der Waals surface area contributed by atoms with Crippen molar-refractivity contribution in [3.8, 4) is 0 Å². The lowest BCUT2D eigenvalue weighted by Crippen LogP contribution is -2.29. The topological polar surface area (TPSA) is 15.3 Å². The molecule has 1 saturated carbocycles.